The second-order valence-electron chi connectivity index (χ2n) is 17.8. The standard InChI is InChI=1S/C49H59N13O8/c1-30(2)42(57-39(63)14-5-4-6-25-61-40(64)21-22-41(61)65)47(67)56-37(13-8-23-51-48(50)68)46(66)55-35-18-15-32(16-19-35)28-70-49(69)60-24-9-11-34(26-60)45-58-43(33-17-20-38-52-29-53-62(38)27-33)44(59-45)36-12-7-10-31(3)54-36/h7,10,12,15-22,27,29-30,34,37,42H,4-6,8-9,11,13-14,23-26,28H2,1-3H3,(H,55,66)(H,56,67)(H,57,63)(H,58,59)(H3,50,51,68)/t34?,37-,42?/m0/s1. The van der Waals surface area contributed by atoms with Crippen LogP contribution in [-0.2, 0) is 35.3 Å². The number of nitrogens with one attached hydrogen (secondary N) is 5. The number of imidazole rings is 1. The van der Waals surface area contributed by atoms with Crippen LogP contribution in [0.3, 0.4) is 0 Å². The van der Waals surface area contributed by atoms with Crippen LogP contribution in [0.2, 0.25) is 0 Å². The number of carbonyl (C=O) groups is 7. The molecule has 21 heteroatoms. The number of nitrogens with two attached hydrogens (primary N) is 1. The van der Waals surface area contributed by atoms with Crippen LogP contribution in [0.5, 0.6) is 0 Å². The van der Waals surface area contributed by atoms with Crippen molar-refractivity contribution in [2.24, 2.45) is 11.7 Å². The summed E-state index contributed by atoms with van der Waals surface area (Å²) in [6, 6.07) is 13.7. The topological polar surface area (TPSA) is 281 Å². The number of aromatic amines is 1. The van der Waals surface area contributed by atoms with E-state index in [4.69, 9.17) is 20.4 Å². The summed E-state index contributed by atoms with van der Waals surface area (Å²) in [6.07, 6.45) is 9.13. The van der Waals surface area contributed by atoms with Gasteiger partial charge in [0.2, 0.25) is 17.7 Å². The summed E-state index contributed by atoms with van der Waals surface area (Å²) in [5, 5.41) is 15.2. The van der Waals surface area contributed by atoms with Crippen LogP contribution in [-0.4, -0.2) is 119 Å². The molecule has 5 aromatic rings. The second-order valence-corrected chi connectivity index (χ2v) is 17.8. The van der Waals surface area contributed by atoms with Crippen molar-refractivity contribution >= 4 is 53.0 Å². The van der Waals surface area contributed by atoms with Gasteiger partial charge in [-0.05, 0) is 93.3 Å². The molecule has 21 nitrogen and oxygen atoms in total. The van der Waals surface area contributed by atoms with Crippen LogP contribution in [0.1, 0.15) is 88.2 Å². The van der Waals surface area contributed by atoms with Gasteiger partial charge in [-0.2, -0.15) is 5.10 Å². The highest BCUT2D eigenvalue weighted by Gasteiger charge is 2.31. The van der Waals surface area contributed by atoms with E-state index in [1.54, 1.807) is 47.5 Å². The second kappa shape index (κ2) is 23.4. The lowest BCUT2D eigenvalue weighted by atomic mass is 9.98. The van der Waals surface area contributed by atoms with E-state index in [-0.39, 0.29) is 62.1 Å². The number of fused-ring (bicyclic) bond motifs is 1. The van der Waals surface area contributed by atoms with Gasteiger partial charge in [-0.3, -0.25) is 33.9 Å². The zero-order chi connectivity index (χ0) is 49.7. The predicted molar refractivity (Wildman–Crippen MR) is 257 cm³/mol. The first-order chi connectivity index (χ1) is 33.7. The molecule has 2 unspecified atom stereocenters. The zero-order valence-electron chi connectivity index (χ0n) is 39.5. The number of nitrogens with zero attached hydrogens (tertiary/aromatic N) is 7. The highest BCUT2D eigenvalue weighted by molar-refractivity contribution is 6.12. The van der Waals surface area contributed by atoms with Gasteiger partial charge in [0.15, 0.2) is 5.65 Å². The van der Waals surface area contributed by atoms with E-state index in [1.807, 2.05) is 43.5 Å². The number of primary amides is 1. The van der Waals surface area contributed by atoms with E-state index in [0.717, 1.165) is 51.9 Å². The molecule has 0 spiro atoms. The highest BCUT2D eigenvalue weighted by atomic mass is 16.6. The lowest BCUT2D eigenvalue weighted by Crippen LogP contribution is -2.54. The fourth-order valence-corrected chi connectivity index (χ4v) is 8.35. The van der Waals surface area contributed by atoms with Gasteiger partial charge in [-0.1, -0.05) is 38.5 Å². The third-order valence-electron chi connectivity index (χ3n) is 12.1. The molecule has 7 rings (SSSR count). The van der Waals surface area contributed by atoms with Gasteiger partial charge in [0.1, 0.15) is 36.5 Å². The average Bonchev–Trinajstić information content (AvgIpc) is 4.09. The number of urea groups is 1. The summed E-state index contributed by atoms with van der Waals surface area (Å²) >= 11 is 0. The first-order valence-corrected chi connectivity index (χ1v) is 23.5. The number of piperidine rings is 1. The van der Waals surface area contributed by atoms with Gasteiger partial charge in [-0.15, -0.1) is 0 Å². The summed E-state index contributed by atoms with van der Waals surface area (Å²) in [5.74, 6) is -1.81. The van der Waals surface area contributed by atoms with Crippen molar-refractivity contribution in [2.45, 2.75) is 96.7 Å². The molecule has 1 saturated heterocycles. The molecule has 70 heavy (non-hydrogen) atoms. The summed E-state index contributed by atoms with van der Waals surface area (Å²) in [5.41, 5.74) is 11.0. The lowest BCUT2D eigenvalue weighted by Gasteiger charge is -2.31. The maximum Gasteiger partial charge on any atom is 0.410 e. The molecule has 8 amide bonds. The quantitative estimate of drug-likeness (QED) is 0.0438. The minimum atomic E-state index is -1.04. The monoisotopic (exact) mass is 957 g/mol. The van der Waals surface area contributed by atoms with Gasteiger partial charge >= 0.3 is 12.1 Å². The molecule has 0 saturated carbocycles. The van der Waals surface area contributed by atoms with Crippen molar-refractivity contribution in [1.82, 2.24) is 55.3 Å². The maximum absolute atomic E-state index is 13.7. The summed E-state index contributed by atoms with van der Waals surface area (Å²) in [6.45, 7) is 6.82. The Balaban J connectivity index is 0.918. The minimum Gasteiger partial charge on any atom is -0.445 e. The first-order valence-electron chi connectivity index (χ1n) is 23.5. The van der Waals surface area contributed by atoms with E-state index in [2.05, 4.69) is 36.3 Å². The Labute approximate surface area is 404 Å². The van der Waals surface area contributed by atoms with Crippen molar-refractivity contribution in [1.29, 1.82) is 0 Å². The van der Waals surface area contributed by atoms with Gasteiger partial charge in [-0.25, -0.2) is 24.1 Å². The predicted octanol–water partition coefficient (Wildman–Crippen LogP) is 4.50. The molecule has 3 atom stereocenters. The molecule has 1 aromatic carbocycles. The Hall–Kier alpha value is -7.97. The Morgan fingerprint density at radius 3 is 2.44 bits per heavy atom. The third-order valence-corrected chi connectivity index (χ3v) is 12.1. The molecular formula is C49H59N13O8. The summed E-state index contributed by atoms with van der Waals surface area (Å²) < 4.78 is 7.47. The Kier molecular flexibility index (Phi) is 16.7. The number of imide groups is 1. The number of benzene rings is 1. The highest BCUT2D eigenvalue weighted by Crippen LogP contribution is 2.34. The lowest BCUT2D eigenvalue weighted by molar-refractivity contribution is -0.137. The van der Waals surface area contributed by atoms with Crippen molar-refractivity contribution < 1.29 is 38.3 Å². The molecule has 368 valence electrons. The summed E-state index contributed by atoms with van der Waals surface area (Å²) in [7, 11) is 0. The van der Waals surface area contributed by atoms with Gasteiger partial charge < -0.3 is 41.6 Å². The number of likely N-dealkylation sites (tertiary alicyclic amines) is 1. The number of aryl methyl sites for hydroxylation is 1. The maximum atomic E-state index is 13.7. The van der Waals surface area contributed by atoms with E-state index < -0.39 is 36.0 Å². The normalized spacial score (nSPS) is 15.5. The fraction of sp³-hybridized carbons (Fsp3) is 0.408. The molecule has 6 heterocycles. The summed E-state index contributed by atoms with van der Waals surface area (Å²) in [4.78, 5) is 109. The molecule has 2 aliphatic heterocycles. The van der Waals surface area contributed by atoms with Crippen LogP contribution in [0, 0.1) is 12.8 Å². The van der Waals surface area contributed by atoms with Crippen molar-refractivity contribution in [2.75, 3.05) is 31.5 Å². The van der Waals surface area contributed by atoms with E-state index in [1.165, 1.54) is 18.5 Å². The smallest absolute Gasteiger partial charge is 0.410 e. The van der Waals surface area contributed by atoms with Crippen LogP contribution >= 0.6 is 0 Å². The van der Waals surface area contributed by atoms with Gasteiger partial charge in [0.25, 0.3) is 11.8 Å². The molecule has 4 aromatic heterocycles. The number of aromatic nitrogens is 6. The fourth-order valence-electron chi connectivity index (χ4n) is 8.35. The number of amides is 8. The van der Waals surface area contributed by atoms with E-state index in [9.17, 15) is 33.6 Å². The van der Waals surface area contributed by atoms with Crippen LogP contribution in [0.15, 0.2) is 79.3 Å². The van der Waals surface area contributed by atoms with Crippen LogP contribution in [0.25, 0.3) is 28.3 Å². The number of rotatable bonds is 21. The largest absolute Gasteiger partial charge is 0.445 e. The zero-order valence-corrected chi connectivity index (χ0v) is 39.5. The van der Waals surface area contributed by atoms with Crippen molar-refractivity contribution in [3.8, 4) is 22.6 Å². The van der Waals surface area contributed by atoms with E-state index in [0.29, 0.717) is 55.7 Å². The van der Waals surface area contributed by atoms with Crippen molar-refractivity contribution in [3.63, 3.8) is 0 Å². The number of ether oxygens (including phenoxy) is 1. The Bertz CT molecular complexity index is 2710. The Morgan fingerprint density at radius 2 is 1.70 bits per heavy atom. The Morgan fingerprint density at radius 1 is 0.914 bits per heavy atom. The van der Waals surface area contributed by atoms with Crippen LogP contribution in [0.4, 0.5) is 15.3 Å². The molecule has 2 aliphatic rings. The number of unbranched alkanes of at least 4 members (excludes halogenated alkanes) is 2. The first kappa shape index (κ1) is 49.9. The van der Waals surface area contributed by atoms with Gasteiger partial charge in [0.05, 0.1) is 11.4 Å². The molecule has 7 N–H and O–H groups in total. The molecule has 0 radical (unpaired) electrons. The molecule has 1 fully saturated rings. The van der Waals surface area contributed by atoms with Crippen LogP contribution < -0.4 is 27.0 Å². The molecule has 0 aliphatic carbocycles. The van der Waals surface area contributed by atoms with Gasteiger partial charge in [0, 0.05) is 73.8 Å². The average molecular weight is 958 g/mol. The number of anilines is 1. The molecular weight excluding hydrogens is 899 g/mol. The number of hydrogen-bond acceptors (Lipinski definition) is 12. The number of H-pyrrole nitrogens is 1. The number of hydrogen-bond donors (Lipinski definition) is 6. The third kappa shape index (κ3) is 13.2. The minimum absolute atomic E-state index is 0.0146. The SMILES string of the molecule is Cc1cccc(-c2nc(C3CCCN(C(=O)OCc4ccc(NC(=O)[C@H](CCCNC(N)=O)NC(=O)C(NC(=O)CCCCCN5C(=O)C=CC5=O)C(C)C)cc4)C3)[nH]c2-c2ccc3ncnn3c2)n1. The van der Waals surface area contributed by atoms with Crippen molar-refractivity contribution in [3.05, 3.63) is 96.4 Å². The number of carbonyl (C=O) groups excluding carboxylic acids is 7. The van der Waals surface area contributed by atoms with E-state index >= 15 is 0 Å². The molecule has 0 bridgehead atoms. The number of pyridine rings is 2.